The van der Waals surface area contributed by atoms with E-state index in [1.165, 1.54) is 38.5 Å². The number of nitrogens with zero attached hydrogens (tertiary/aromatic N) is 1. The Hall–Kier alpha value is -1.24. The minimum absolute atomic E-state index is 0. The van der Waals surface area contributed by atoms with Crippen molar-refractivity contribution in [3.63, 3.8) is 0 Å². The first kappa shape index (κ1) is 15.6. The van der Waals surface area contributed by atoms with Gasteiger partial charge in [-0.05, 0) is 35.0 Å². The summed E-state index contributed by atoms with van der Waals surface area (Å²) in [5.41, 5.74) is 6.61. The summed E-state index contributed by atoms with van der Waals surface area (Å²) in [6.07, 6.45) is 2.21. The van der Waals surface area contributed by atoms with Crippen molar-refractivity contribution in [2.45, 2.75) is 6.92 Å². The zero-order valence-corrected chi connectivity index (χ0v) is 15.7. The molecule has 1 nitrogen and oxygen atoms in total. The van der Waals surface area contributed by atoms with Gasteiger partial charge in [-0.1, -0.05) is 47.9 Å². The molecule has 3 heteroatoms. The molecule has 2 radical (unpaired) electrons. The van der Waals surface area contributed by atoms with Crippen LogP contribution in [-0.2, 0) is 39.8 Å². The Kier molecular flexibility index (Phi) is 4.34. The molecule has 0 bridgehead atoms. The first-order valence-corrected chi connectivity index (χ1v) is 7.28. The first-order valence-electron chi connectivity index (χ1n) is 7.28. The average Bonchev–Trinajstić information content (AvgIpc) is 2.84. The monoisotopic (exact) mass is 358 g/mol. The summed E-state index contributed by atoms with van der Waals surface area (Å²) in [5, 5.41) is 2.56. The van der Waals surface area contributed by atoms with E-state index in [0.717, 1.165) is 0 Å². The predicted molar refractivity (Wildman–Crippen MR) is 89.4 cm³/mol. The van der Waals surface area contributed by atoms with Crippen molar-refractivity contribution in [2.24, 2.45) is 7.05 Å². The molecule has 3 aromatic rings. The van der Waals surface area contributed by atoms with E-state index in [9.17, 15) is 0 Å². The van der Waals surface area contributed by atoms with Gasteiger partial charge in [-0.3, -0.25) is 0 Å². The van der Waals surface area contributed by atoms with Crippen molar-refractivity contribution < 1.29 is 37.3 Å². The SMILES string of the molecule is CC1=C(c2cc3ccccc3c[n+]2C)[B]c2ccccc21.[Y]. The quantitative estimate of drug-likeness (QED) is 0.465. The normalized spacial score (nSPS) is 12.8. The van der Waals surface area contributed by atoms with Crippen LogP contribution in [0.1, 0.15) is 18.2 Å². The van der Waals surface area contributed by atoms with Crippen molar-refractivity contribution >= 4 is 34.6 Å². The van der Waals surface area contributed by atoms with E-state index in [4.69, 9.17) is 0 Å². The van der Waals surface area contributed by atoms with Crippen LogP contribution < -0.4 is 10.0 Å². The van der Waals surface area contributed by atoms with Gasteiger partial charge in [0.15, 0.2) is 11.9 Å². The van der Waals surface area contributed by atoms with Crippen LogP contribution in [0, 0.1) is 0 Å². The topological polar surface area (TPSA) is 3.88 Å². The molecule has 0 N–H and O–H groups in total. The predicted octanol–water partition coefficient (Wildman–Crippen LogP) is 2.89. The molecule has 0 saturated carbocycles. The largest absolute Gasteiger partial charge is 0.201 e. The molecule has 22 heavy (non-hydrogen) atoms. The zero-order chi connectivity index (χ0) is 14.4. The van der Waals surface area contributed by atoms with Crippen LogP contribution in [0.3, 0.4) is 0 Å². The van der Waals surface area contributed by atoms with Crippen LogP contribution in [0.2, 0.25) is 0 Å². The van der Waals surface area contributed by atoms with Crippen LogP contribution in [0.5, 0.6) is 0 Å². The van der Waals surface area contributed by atoms with Crippen LogP contribution in [0.25, 0.3) is 21.8 Å². The molecular weight excluding hydrogens is 342 g/mol. The maximum atomic E-state index is 2.30. The van der Waals surface area contributed by atoms with Crippen molar-refractivity contribution in [3.8, 4) is 0 Å². The number of aryl methyl sites for hydroxylation is 1. The number of hydrogen-bond acceptors (Lipinski definition) is 0. The Balaban J connectivity index is 0.00000144. The van der Waals surface area contributed by atoms with Crippen LogP contribution >= 0.6 is 0 Å². The minimum atomic E-state index is 0. The molecule has 0 spiro atoms. The molecule has 2 aromatic carbocycles. The summed E-state index contributed by atoms with van der Waals surface area (Å²) >= 11 is 0. The zero-order valence-electron chi connectivity index (χ0n) is 12.9. The van der Waals surface area contributed by atoms with Gasteiger partial charge in [0.1, 0.15) is 7.05 Å². The first-order chi connectivity index (χ1) is 10.2. The standard InChI is InChI=1S/C19H16BN.Y/c1-13-16-9-5-6-10-17(16)20-19(13)18-11-14-7-3-4-8-15(14)12-21(18)2;/h3-12H,1-2H3;/q+1;. The van der Waals surface area contributed by atoms with Gasteiger partial charge in [-0.15, -0.1) is 0 Å². The van der Waals surface area contributed by atoms with Crippen LogP contribution in [0.4, 0.5) is 0 Å². The third-order valence-electron chi connectivity index (χ3n) is 4.35. The van der Waals surface area contributed by atoms with Gasteiger partial charge in [0.25, 0.3) is 0 Å². The number of aromatic nitrogens is 1. The summed E-state index contributed by atoms with van der Waals surface area (Å²) in [7, 11) is 4.42. The summed E-state index contributed by atoms with van der Waals surface area (Å²) in [5.74, 6) is 0. The summed E-state index contributed by atoms with van der Waals surface area (Å²) in [6.45, 7) is 2.22. The van der Waals surface area contributed by atoms with Crippen LogP contribution in [0.15, 0.2) is 60.8 Å². The van der Waals surface area contributed by atoms with Crippen molar-refractivity contribution in [3.05, 3.63) is 72.1 Å². The van der Waals surface area contributed by atoms with E-state index in [2.05, 4.69) is 86.6 Å². The fourth-order valence-corrected chi connectivity index (χ4v) is 3.19. The Labute approximate surface area is 157 Å². The van der Waals surface area contributed by atoms with Gasteiger partial charge < -0.3 is 0 Å². The van der Waals surface area contributed by atoms with Crippen molar-refractivity contribution in [2.75, 3.05) is 0 Å². The second kappa shape index (κ2) is 6.10. The summed E-state index contributed by atoms with van der Waals surface area (Å²) in [6, 6.07) is 19.4. The molecule has 0 fully saturated rings. The van der Waals surface area contributed by atoms with E-state index in [0.29, 0.717) is 0 Å². The second-order valence-electron chi connectivity index (χ2n) is 5.67. The van der Waals surface area contributed by atoms with E-state index >= 15 is 0 Å². The molecule has 0 amide bonds. The van der Waals surface area contributed by atoms with E-state index in [1.807, 2.05) is 0 Å². The van der Waals surface area contributed by atoms with Gasteiger partial charge in [-0.25, -0.2) is 4.57 Å². The Morgan fingerprint density at radius 2 is 1.59 bits per heavy atom. The van der Waals surface area contributed by atoms with Crippen molar-refractivity contribution in [1.29, 1.82) is 0 Å². The molecule has 1 aliphatic heterocycles. The Morgan fingerprint density at radius 3 is 2.36 bits per heavy atom. The minimum Gasteiger partial charge on any atom is -0.201 e. The van der Waals surface area contributed by atoms with Crippen LogP contribution in [-0.4, -0.2) is 7.28 Å². The van der Waals surface area contributed by atoms with Crippen molar-refractivity contribution in [1.82, 2.24) is 0 Å². The second-order valence-corrected chi connectivity index (χ2v) is 5.67. The van der Waals surface area contributed by atoms with E-state index in [-0.39, 0.29) is 32.7 Å². The molecule has 4 rings (SSSR count). The number of allylic oxidation sites excluding steroid dienone is 1. The molecule has 0 saturated heterocycles. The number of pyridine rings is 1. The molecule has 102 valence electrons. The van der Waals surface area contributed by atoms with Gasteiger partial charge in [0.05, 0.1) is 0 Å². The maximum absolute atomic E-state index is 2.30. The number of hydrogen-bond donors (Lipinski definition) is 0. The average molecular weight is 358 g/mol. The van der Waals surface area contributed by atoms with Gasteiger partial charge in [-0.2, -0.15) is 0 Å². The molecule has 1 aliphatic rings. The molecular formula is C19H16BNY+. The third kappa shape index (κ3) is 2.49. The molecule has 1 aromatic heterocycles. The van der Waals surface area contributed by atoms with E-state index < -0.39 is 0 Å². The maximum Gasteiger partial charge on any atom is 0.201 e. The summed E-state index contributed by atoms with van der Waals surface area (Å²) in [4.78, 5) is 0. The van der Waals surface area contributed by atoms with Gasteiger partial charge >= 0.3 is 0 Å². The third-order valence-corrected chi connectivity index (χ3v) is 4.35. The molecule has 0 unspecified atom stereocenters. The van der Waals surface area contributed by atoms with Gasteiger partial charge in [0.2, 0.25) is 7.28 Å². The smallest absolute Gasteiger partial charge is 0.201 e. The number of rotatable bonds is 1. The van der Waals surface area contributed by atoms with Gasteiger partial charge in [0, 0.05) is 44.2 Å². The Bertz CT molecular complexity index is 899. The molecule has 2 heterocycles. The summed E-state index contributed by atoms with van der Waals surface area (Å²) < 4.78 is 2.23. The Morgan fingerprint density at radius 1 is 0.909 bits per heavy atom. The molecule has 0 aliphatic carbocycles. The number of benzene rings is 2. The molecule has 0 atom stereocenters. The fraction of sp³-hybridized carbons (Fsp3) is 0.105. The fourth-order valence-electron chi connectivity index (χ4n) is 3.19. The number of fused-ring (bicyclic) bond motifs is 2. The van der Waals surface area contributed by atoms with E-state index in [1.54, 1.807) is 0 Å².